The van der Waals surface area contributed by atoms with Crippen molar-refractivity contribution in [1.82, 2.24) is 24.2 Å². The van der Waals surface area contributed by atoms with E-state index in [1.54, 1.807) is 12.4 Å². The zero-order chi connectivity index (χ0) is 22.6. The maximum atomic E-state index is 13.0. The highest BCUT2D eigenvalue weighted by Crippen LogP contribution is 2.23. The molecule has 5 rings (SSSR count). The van der Waals surface area contributed by atoms with E-state index in [0.717, 1.165) is 63.5 Å². The van der Waals surface area contributed by atoms with Gasteiger partial charge in [-0.05, 0) is 49.4 Å². The van der Waals surface area contributed by atoms with E-state index in [1.807, 2.05) is 56.8 Å². The van der Waals surface area contributed by atoms with Gasteiger partial charge >= 0.3 is 0 Å². The summed E-state index contributed by atoms with van der Waals surface area (Å²) in [6.07, 6.45) is 8.92. The summed E-state index contributed by atoms with van der Waals surface area (Å²) in [5.74, 6) is 1.54. The number of amides is 2. The van der Waals surface area contributed by atoms with Crippen LogP contribution in [-0.2, 0) is 4.79 Å². The van der Waals surface area contributed by atoms with Crippen LogP contribution in [-0.4, -0.2) is 75.3 Å². The molecule has 0 N–H and O–H groups in total. The van der Waals surface area contributed by atoms with Gasteiger partial charge < -0.3 is 19.1 Å². The lowest BCUT2D eigenvalue weighted by molar-refractivity contribution is -0.131. The maximum absolute atomic E-state index is 13.0. The fraction of sp³-hybridized carbons (Fsp3) is 0.440. The van der Waals surface area contributed by atoms with Crippen LogP contribution in [0.4, 0.5) is 5.82 Å². The van der Waals surface area contributed by atoms with Gasteiger partial charge in [-0.15, -0.1) is 0 Å². The number of anilines is 1. The van der Waals surface area contributed by atoms with Crippen molar-refractivity contribution >= 4 is 23.3 Å². The van der Waals surface area contributed by atoms with Crippen molar-refractivity contribution in [3.63, 3.8) is 0 Å². The number of piperazine rings is 1. The van der Waals surface area contributed by atoms with E-state index in [-0.39, 0.29) is 11.8 Å². The molecule has 172 valence electrons. The fourth-order valence-corrected chi connectivity index (χ4v) is 4.90. The van der Waals surface area contributed by atoms with Crippen LogP contribution in [0.25, 0.3) is 5.65 Å². The van der Waals surface area contributed by atoms with E-state index in [0.29, 0.717) is 24.6 Å². The average Bonchev–Trinajstić information content (AvgIpc) is 3.32. The molecule has 0 aliphatic carbocycles. The van der Waals surface area contributed by atoms with Gasteiger partial charge in [-0.2, -0.15) is 0 Å². The van der Waals surface area contributed by atoms with Crippen molar-refractivity contribution < 1.29 is 9.59 Å². The first-order valence-electron chi connectivity index (χ1n) is 11.8. The van der Waals surface area contributed by atoms with E-state index in [1.165, 1.54) is 0 Å². The molecule has 8 heteroatoms. The standard InChI is InChI=1S/C25H30N6O2/c32-24(29-16-14-28(15-17-29)22-7-1-3-11-26-22)10-9-20-6-5-13-31(18-20)25(33)21-19-30-12-4-2-8-23(30)27-21/h1-4,7-8,11-12,19-20H,5-6,9-10,13-18H2/t20-/m0/s1. The normalized spacial score (nSPS) is 19.2. The minimum atomic E-state index is -0.0135. The lowest BCUT2D eigenvalue weighted by Gasteiger charge is -2.36. The van der Waals surface area contributed by atoms with E-state index < -0.39 is 0 Å². The van der Waals surface area contributed by atoms with Crippen molar-refractivity contribution in [2.75, 3.05) is 44.2 Å². The number of carbonyl (C=O) groups is 2. The van der Waals surface area contributed by atoms with Crippen LogP contribution in [0.3, 0.4) is 0 Å². The van der Waals surface area contributed by atoms with Crippen LogP contribution in [0.2, 0.25) is 0 Å². The number of rotatable bonds is 5. The van der Waals surface area contributed by atoms with Gasteiger partial charge in [-0.25, -0.2) is 9.97 Å². The predicted octanol–water partition coefficient (Wildman–Crippen LogP) is 2.71. The van der Waals surface area contributed by atoms with Gasteiger partial charge in [-0.1, -0.05) is 12.1 Å². The maximum Gasteiger partial charge on any atom is 0.274 e. The van der Waals surface area contributed by atoms with Gasteiger partial charge in [0.25, 0.3) is 5.91 Å². The molecule has 0 bridgehead atoms. The van der Waals surface area contributed by atoms with Crippen molar-refractivity contribution in [3.05, 3.63) is 60.7 Å². The Bertz CT molecular complexity index is 1070. The number of pyridine rings is 2. The molecule has 0 saturated carbocycles. The van der Waals surface area contributed by atoms with Crippen molar-refractivity contribution in [2.24, 2.45) is 5.92 Å². The summed E-state index contributed by atoms with van der Waals surface area (Å²) in [7, 11) is 0. The average molecular weight is 447 g/mol. The summed E-state index contributed by atoms with van der Waals surface area (Å²) in [6.45, 7) is 4.55. The summed E-state index contributed by atoms with van der Waals surface area (Å²) in [5, 5.41) is 0. The highest BCUT2D eigenvalue weighted by Gasteiger charge is 2.27. The van der Waals surface area contributed by atoms with Crippen molar-refractivity contribution in [1.29, 1.82) is 0 Å². The molecule has 2 aliphatic heterocycles. The van der Waals surface area contributed by atoms with Crippen LogP contribution >= 0.6 is 0 Å². The largest absolute Gasteiger partial charge is 0.353 e. The first-order valence-corrected chi connectivity index (χ1v) is 11.8. The molecular formula is C25H30N6O2. The molecule has 8 nitrogen and oxygen atoms in total. The lowest BCUT2D eigenvalue weighted by Crippen LogP contribution is -2.49. The Hall–Kier alpha value is -3.42. The predicted molar refractivity (Wildman–Crippen MR) is 126 cm³/mol. The Morgan fingerprint density at radius 2 is 1.82 bits per heavy atom. The molecule has 0 radical (unpaired) electrons. The number of hydrogen-bond donors (Lipinski definition) is 0. The minimum Gasteiger partial charge on any atom is -0.353 e. The van der Waals surface area contributed by atoms with E-state index in [4.69, 9.17) is 0 Å². The van der Waals surface area contributed by atoms with Gasteiger partial charge in [0.15, 0.2) is 0 Å². The molecule has 3 aromatic rings. The molecule has 2 aliphatic rings. The molecule has 0 aromatic carbocycles. The highest BCUT2D eigenvalue weighted by atomic mass is 16.2. The minimum absolute atomic E-state index is 0.0135. The number of likely N-dealkylation sites (tertiary alicyclic amines) is 1. The Morgan fingerprint density at radius 1 is 0.970 bits per heavy atom. The molecular weight excluding hydrogens is 416 g/mol. The van der Waals surface area contributed by atoms with E-state index in [9.17, 15) is 9.59 Å². The molecule has 0 unspecified atom stereocenters. The topological polar surface area (TPSA) is 74.1 Å². The second-order valence-electron chi connectivity index (χ2n) is 8.95. The summed E-state index contributed by atoms with van der Waals surface area (Å²) >= 11 is 0. The fourth-order valence-electron chi connectivity index (χ4n) is 4.90. The number of nitrogens with zero attached hydrogens (tertiary/aromatic N) is 6. The Morgan fingerprint density at radius 3 is 2.61 bits per heavy atom. The Balaban J connectivity index is 1.11. The van der Waals surface area contributed by atoms with Crippen LogP contribution in [0.1, 0.15) is 36.2 Å². The lowest BCUT2D eigenvalue weighted by atomic mass is 9.93. The Labute approximate surface area is 193 Å². The van der Waals surface area contributed by atoms with Gasteiger partial charge in [0.2, 0.25) is 5.91 Å². The molecule has 1 atom stereocenters. The van der Waals surface area contributed by atoms with E-state index >= 15 is 0 Å². The van der Waals surface area contributed by atoms with E-state index in [2.05, 4.69) is 14.9 Å². The number of hydrogen-bond acceptors (Lipinski definition) is 5. The molecule has 2 amide bonds. The van der Waals surface area contributed by atoms with Crippen LogP contribution in [0, 0.1) is 5.92 Å². The Kier molecular flexibility index (Phi) is 6.24. The first-order chi connectivity index (χ1) is 16.2. The molecule has 5 heterocycles. The van der Waals surface area contributed by atoms with Crippen LogP contribution in [0.5, 0.6) is 0 Å². The molecule has 0 spiro atoms. The number of piperidine rings is 1. The summed E-state index contributed by atoms with van der Waals surface area (Å²) < 4.78 is 1.88. The summed E-state index contributed by atoms with van der Waals surface area (Å²) in [5.41, 5.74) is 1.27. The molecule has 2 fully saturated rings. The third-order valence-electron chi connectivity index (χ3n) is 6.76. The molecule has 33 heavy (non-hydrogen) atoms. The second kappa shape index (κ2) is 9.60. The molecule has 3 aromatic heterocycles. The number of imidazole rings is 1. The quantitative estimate of drug-likeness (QED) is 0.603. The number of fused-ring (bicyclic) bond motifs is 1. The summed E-state index contributed by atoms with van der Waals surface area (Å²) in [4.78, 5) is 40.8. The van der Waals surface area contributed by atoms with Gasteiger partial charge in [0.05, 0.1) is 0 Å². The smallest absolute Gasteiger partial charge is 0.274 e. The second-order valence-corrected chi connectivity index (χ2v) is 8.95. The zero-order valence-electron chi connectivity index (χ0n) is 18.8. The van der Waals surface area contributed by atoms with Gasteiger partial charge in [0, 0.05) is 64.3 Å². The first kappa shape index (κ1) is 21.4. The van der Waals surface area contributed by atoms with Gasteiger partial charge in [-0.3, -0.25) is 9.59 Å². The van der Waals surface area contributed by atoms with Crippen molar-refractivity contribution in [3.8, 4) is 0 Å². The third-order valence-corrected chi connectivity index (χ3v) is 6.76. The van der Waals surface area contributed by atoms with Crippen LogP contribution < -0.4 is 4.90 Å². The van der Waals surface area contributed by atoms with Gasteiger partial charge in [0.1, 0.15) is 17.2 Å². The highest BCUT2D eigenvalue weighted by molar-refractivity contribution is 5.93. The third kappa shape index (κ3) is 4.84. The number of aromatic nitrogens is 3. The van der Waals surface area contributed by atoms with Crippen LogP contribution in [0.15, 0.2) is 55.0 Å². The zero-order valence-corrected chi connectivity index (χ0v) is 18.8. The molecule has 2 saturated heterocycles. The SMILES string of the molecule is O=C(CC[C@@H]1CCCN(C(=O)c2cn3ccccc3n2)C1)N1CCN(c2ccccn2)CC1. The monoisotopic (exact) mass is 446 g/mol. The van der Waals surface area contributed by atoms with Crippen molar-refractivity contribution in [2.45, 2.75) is 25.7 Å². The number of carbonyl (C=O) groups excluding carboxylic acids is 2. The summed E-state index contributed by atoms with van der Waals surface area (Å²) in [6, 6.07) is 11.7.